The Morgan fingerprint density at radius 1 is 1.14 bits per heavy atom. The predicted molar refractivity (Wildman–Crippen MR) is 101 cm³/mol. The van der Waals surface area contributed by atoms with Crippen LogP contribution in [0.4, 0.5) is 5.69 Å². The number of nitrogens with zero attached hydrogens (tertiary/aromatic N) is 1. The van der Waals surface area contributed by atoms with E-state index in [4.69, 9.17) is 4.74 Å². The third kappa shape index (κ3) is 5.23. The number of aryl methyl sites for hydroxylation is 2. The van der Waals surface area contributed by atoms with Gasteiger partial charge in [0, 0.05) is 23.3 Å². The van der Waals surface area contributed by atoms with Gasteiger partial charge in [-0.3, -0.25) is 19.7 Å². The van der Waals surface area contributed by atoms with Crippen molar-refractivity contribution in [3.05, 3.63) is 74.8 Å². The molecule has 0 aromatic heterocycles. The maximum atomic E-state index is 12.3. The Morgan fingerprint density at radius 3 is 2.54 bits per heavy atom. The minimum atomic E-state index is -1.03. The van der Waals surface area contributed by atoms with Crippen LogP contribution < -0.4 is 5.32 Å². The Kier molecular flexibility index (Phi) is 6.59. The number of hydrogen-bond donors (Lipinski definition) is 1. The summed E-state index contributed by atoms with van der Waals surface area (Å²) >= 11 is 0. The number of rotatable bonds is 7. The van der Waals surface area contributed by atoms with Gasteiger partial charge in [-0.15, -0.1) is 0 Å². The number of hydrogen-bond acceptors (Lipinski definition) is 6. The fourth-order valence-electron chi connectivity index (χ4n) is 2.48. The van der Waals surface area contributed by atoms with E-state index in [1.54, 1.807) is 13.0 Å². The summed E-state index contributed by atoms with van der Waals surface area (Å²) in [6.45, 7) is 4.60. The molecule has 0 bridgehead atoms. The molecule has 0 aliphatic carbocycles. The molecule has 0 radical (unpaired) electrons. The number of esters is 1. The highest BCUT2D eigenvalue weighted by molar-refractivity contribution is 6.00. The fraction of sp³-hybridized carbons (Fsp3) is 0.250. The van der Waals surface area contributed by atoms with Gasteiger partial charge < -0.3 is 10.1 Å². The number of amides is 1. The SMILES string of the molecule is Cc1ccc(C)c(C(=O)COC(=O)[C@H](C)NC(=O)c2cccc([N+](=O)[O-])c2)c1. The molecule has 0 fully saturated rings. The summed E-state index contributed by atoms with van der Waals surface area (Å²) in [6, 6.07) is 9.52. The van der Waals surface area contributed by atoms with Crippen LogP contribution in [0.3, 0.4) is 0 Å². The van der Waals surface area contributed by atoms with Crippen molar-refractivity contribution in [3.8, 4) is 0 Å². The summed E-state index contributed by atoms with van der Waals surface area (Å²) in [6.07, 6.45) is 0. The second-order valence-corrected chi connectivity index (χ2v) is 6.35. The van der Waals surface area contributed by atoms with E-state index < -0.39 is 29.4 Å². The summed E-state index contributed by atoms with van der Waals surface area (Å²) in [5.41, 5.74) is 1.97. The predicted octanol–water partition coefficient (Wildman–Crippen LogP) is 2.76. The van der Waals surface area contributed by atoms with Gasteiger partial charge in [0.2, 0.25) is 5.78 Å². The summed E-state index contributed by atoms with van der Waals surface area (Å²) in [7, 11) is 0. The molecule has 1 amide bonds. The van der Waals surface area contributed by atoms with Gasteiger partial charge in [-0.1, -0.05) is 23.8 Å². The molecule has 0 heterocycles. The highest BCUT2D eigenvalue weighted by Gasteiger charge is 2.21. The molecule has 2 aromatic carbocycles. The fourth-order valence-corrected chi connectivity index (χ4v) is 2.48. The largest absolute Gasteiger partial charge is 0.456 e. The number of carbonyl (C=O) groups is 3. The molecule has 0 saturated carbocycles. The number of nitrogens with one attached hydrogen (secondary N) is 1. The first-order chi connectivity index (χ1) is 13.2. The van der Waals surface area contributed by atoms with Gasteiger partial charge in [0.05, 0.1) is 4.92 Å². The lowest BCUT2D eigenvalue weighted by atomic mass is 10.0. The molecule has 0 unspecified atom stereocenters. The van der Waals surface area contributed by atoms with Crippen LogP contribution in [0.25, 0.3) is 0 Å². The molecular formula is C20H20N2O6. The van der Waals surface area contributed by atoms with Crippen molar-refractivity contribution < 1.29 is 24.0 Å². The van der Waals surface area contributed by atoms with Crippen LogP contribution in [-0.2, 0) is 9.53 Å². The maximum Gasteiger partial charge on any atom is 0.328 e. The zero-order valence-corrected chi connectivity index (χ0v) is 15.7. The number of ether oxygens (including phenoxy) is 1. The molecule has 0 spiro atoms. The van der Waals surface area contributed by atoms with Crippen molar-refractivity contribution >= 4 is 23.3 Å². The van der Waals surface area contributed by atoms with Crippen molar-refractivity contribution in [1.82, 2.24) is 5.32 Å². The zero-order chi connectivity index (χ0) is 20.8. The summed E-state index contributed by atoms with van der Waals surface area (Å²) < 4.78 is 5.00. The molecule has 0 saturated heterocycles. The minimum absolute atomic E-state index is 0.0420. The van der Waals surface area contributed by atoms with E-state index in [9.17, 15) is 24.5 Å². The summed E-state index contributed by atoms with van der Waals surface area (Å²) in [5.74, 6) is -1.78. The number of Topliss-reactive ketones (excluding diaryl/α,β-unsaturated/α-hetero) is 1. The number of nitro benzene ring substituents is 1. The normalized spacial score (nSPS) is 11.4. The summed E-state index contributed by atoms with van der Waals surface area (Å²) in [4.78, 5) is 46.7. The Bertz CT molecular complexity index is 938. The van der Waals surface area contributed by atoms with Gasteiger partial charge in [-0.2, -0.15) is 0 Å². The first-order valence-electron chi connectivity index (χ1n) is 8.51. The van der Waals surface area contributed by atoms with Crippen LogP contribution in [0.1, 0.15) is 38.8 Å². The first kappa shape index (κ1) is 20.8. The van der Waals surface area contributed by atoms with E-state index in [1.807, 2.05) is 19.1 Å². The third-order valence-electron chi connectivity index (χ3n) is 4.06. The van der Waals surface area contributed by atoms with E-state index >= 15 is 0 Å². The molecule has 0 aliphatic heterocycles. The van der Waals surface area contributed by atoms with Crippen LogP contribution in [0.2, 0.25) is 0 Å². The number of ketones is 1. The van der Waals surface area contributed by atoms with Crippen molar-refractivity contribution in [2.45, 2.75) is 26.8 Å². The average molecular weight is 384 g/mol. The van der Waals surface area contributed by atoms with Crippen molar-refractivity contribution in [2.75, 3.05) is 6.61 Å². The number of non-ortho nitro benzene ring substituents is 1. The number of nitro groups is 1. The van der Waals surface area contributed by atoms with Gasteiger partial charge >= 0.3 is 5.97 Å². The number of benzene rings is 2. The molecule has 2 rings (SSSR count). The Balaban J connectivity index is 1.94. The average Bonchev–Trinajstić information content (AvgIpc) is 2.67. The standard InChI is InChI=1S/C20H20N2O6/c1-12-7-8-13(2)17(9-12)18(23)11-28-20(25)14(3)21-19(24)15-5-4-6-16(10-15)22(26)27/h4-10,14H,11H2,1-3H3,(H,21,24)/t14-/m0/s1. The van der Waals surface area contributed by atoms with Gasteiger partial charge in [-0.25, -0.2) is 4.79 Å². The second kappa shape index (κ2) is 8.90. The van der Waals surface area contributed by atoms with Gasteiger partial charge in [0.15, 0.2) is 6.61 Å². The number of carbonyl (C=O) groups excluding carboxylic acids is 3. The first-order valence-corrected chi connectivity index (χ1v) is 8.51. The Morgan fingerprint density at radius 2 is 1.86 bits per heavy atom. The molecule has 1 atom stereocenters. The molecule has 8 heteroatoms. The topological polar surface area (TPSA) is 116 Å². The molecule has 146 valence electrons. The van der Waals surface area contributed by atoms with Crippen LogP contribution in [-0.4, -0.2) is 35.2 Å². The Labute approximate surface area is 161 Å². The summed E-state index contributed by atoms with van der Waals surface area (Å²) in [5, 5.41) is 13.2. The molecule has 28 heavy (non-hydrogen) atoms. The van der Waals surface area contributed by atoms with E-state index in [-0.39, 0.29) is 17.0 Å². The van der Waals surface area contributed by atoms with Crippen LogP contribution in [0.5, 0.6) is 0 Å². The van der Waals surface area contributed by atoms with E-state index in [1.165, 1.54) is 25.1 Å². The van der Waals surface area contributed by atoms with Gasteiger partial charge in [0.1, 0.15) is 6.04 Å². The molecule has 0 aliphatic rings. The van der Waals surface area contributed by atoms with Crippen LogP contribution in [0, 0.1) is 24.0 Å². The van der Waals surface area contributed by atoms with E-state index in [0.717, 1.165) is 17.2 Å². The lowest BCUT2D eigenvalue weighted by Crippen LogP contribution is -2.40. The van der Waals surface area contributed by atoms with Gasteiger partial charge in [-0.05, 0) is 38.5 Å². The molecule has 1 N–H and O–H groups in total. The highest BCUT2D eigenvalue weighted by atomic mass is 16.6. The van der Waals surface area contributed by atoms with Crippen LogP contribution >= 0.6 is 0 Å². The quantitative estimate of drug-likeness (QED) is 0.340. The van der Waals surface area contributed by atoms with Crippen molar-refractivity contribution in [3.63, 3.8) is 0 Å². The Hall–Kier alpha value is -3.55. The molecular weight excluding hydrogens is 364 g/mol. The van der Waals surface area contributed by atoms with Crippen molar-refractivity contribution in [2.24, 2.45) is 0 Å². The van der Waals surface area contributed by atoms with Gasteiger partial charge in [0.25, 0.3) is 11.6 Å². The van der Waals surface area contributed by atoms with E-state index in [2.05, 4.69) is 5.32 Å². The lowest BCUT2D eigenvalue weighted by Gasteiger charge is -2.13. The lowest BCUT2D eigenvalue weighted by molar-refractivity contribution is -0.384. The zero-order valence-electron chi connectivity index (χ0n) is 15.7. The van der Waals surface area contributed by atoms with E-state index in [0.29, 0.717) is 5.56 Å². The minimum Gasteiger partial charge on any atom is -0.456 e. The smallest absolute Gasteiger partial charge is 0.328 e. The second-order valence-electron chi connectivity index (χ2n) is 6.35. The highest BCUT2D eigenvalue weighted by Crippen LogP contribution is 2.14. The molecule has 2 aromatic rings. The third-order valence-corrected chi connectivity index (χ3v) is 4.06. The maximum absolute atomic E-state index is 12.3. The van der Waals surface area contributed by atoms with Crippen molar-refractivity contribution in [1.29, 1.82) is 0 Å². The molecule has 8 nitrogen and oxygen atoms in total. The van der Waals surface area contributed by atoms with Crippen LogP contribution in [0.15, 0.2) is 42.5 Å². The monoisotopic (exact) mass is 384 g/mol.